The molecule has 5 atom stereocenters. The van der Waals surface area contributed by atoms with Crippen molar-refractivity contribution >= 4 is 5.97 Å². The van der Waals surface area contributed by atoms with Crippen molar-refractivity contribution in [1.82, 2.24) is 0 Å². The van der Waals surface area contributed by atoms with Crippen LogP contribution in [0.3, 0.4) is 0 Å². The van der Waals surface area contributed by atoms with E-state index in [9.17, 15) is 9.90 Å². The van der Waals surface area contributed by atoms with Gasteiger partial charge in [0.1, 0.15) is 11.9 Å². The molecule has 0 spiro atoms. The number of carboxylic acid groups (broad SMARTS) is 1. The average Bonchev–Trinajstić information content (AvgIpc) is 3.16. The molecule has 1 fully saturated rings. The predicted molar refractivity (Wildman–Crippen MR) is 109 cm³/mol. The van der Waals surface area contributed by atoms with Crippen molar-refractivity contribution in [2.45, 2.75) is 77.4 Å². The highest BCUT2D eigenvalue weighted by Gasteiger charge is 2.50. The number of carbonyl (C=O) groups is 1. The summed E-state index contributed by atoms with van der Waals surface area (Å²) in [5.41, 5.74) is 2.51. The van der Waals surface area contributed by atoms with Gasteiger partial charge in [-0.3, -0.25) is 4.79 Å². The molecule has 4 heteroatoms. The van der Waals surface area contributed by atoms with Crippen LogP contribution in [-0.4, -0.2) is 28.4 Å². The molecule has 3 aliphatic rings. The average molecular weight is 385 g/mol. The van der Waals surface area contributed by atoms with E-state index in [0.29, 0.717) is 18.8 Å². The van der Waals surface area contributed by atoms with Gasteiger partial charge >= 0.3 is 5.97 Å². The van der Waals surface area contributed by atoms with E-state index in [1.54, 1.807) is 0 Å². The maximum absolute atomic E-state index is 10.8. The molecule has 0 bridgehead atoms. The van der Waals surface area contributed by atoms with Crippen LogP contribution in [0.4, 0.5) is 0 Å². The summed E-state index contributed by atoms with van der Waals surface area (Å²) >= 11 is 0. The van der Waals surface area contributed by atoms with Crippen LogP contribution < -0.4 is 0 Å². The summed E-state index contributed by atoms with van der Waals surface area (Å²) in [4.78, 5) is 10.8. The molecular weight excluding hydrogens is 352 g/mol. The van der Waals surface area contributed by atoms with E-state index in [-0.39, 0.29) is 30.5 Å². The molecule has 152 valence electrons. The van der Waals surface area contributed by atoms with Crippen molar-refractivity contribution < 1.29 is 19.7 Å². The minimum absolute atomic E-state index is 0.0546. The summed E-state index contributed by atoms with van der Waals surface area (Å²) in [7, 11) is 0. The van der Waals surface area contributed by atoms with Crippen LogP contribution in [0.15, 0.2) is 35.1 Å². The highest BCUT2D eigenvalue weighted by atomic mass is 16.5. The molecule has 1 saturated carbocycles. The monoisotopic (exact) mass is 384 g/mol. The van der Waals surface area contributed by atoms with Crippen LogP contribution in [-0.2, 0) is 9.53 Å². The molecule has 28 heavy (non-hydrogen) atoms. The van der Waals surface area contributed by atoms with Gasteiger partial charge in [-0.05, 0) is 56.1 Å². The normalized spacial score (nSPS) is 29.6. The van der Waals surface area contributed by atoms with Gasteiger partial charge in [0, 0.05) is 31.1 Å². The van der Waals surface area contributed by atoms with E-state index in [1.165, 1.54) is 11.1 Å². The molecule has 2 aliphatic carbocycles. The Morgan fingerprint density at radius 1 is 1.46 bits per heavy atom. The van der Waals surface area contributed by atoms with Crippen molar-refractivity contribution in [3.8, 4) is 11.8 Å². The van der Waals surface area contributed by atoms with E-state index in [0.717, 1.165) is 37.9 Å². The van der Waals surface area contributed by atoms with Gasteiger partial charge in [0.15, 0.2) is 0 Å². The SMILES string of the molecule is CC#CCC(C)C/C=C/C1[C@H](O)C[C@@H]2OC3=C(CCC=C3CCCC(=O)O)[C@H]12. The van der Waals surface area contributed by atoms with Crippen LogP contribution in [0.25, 0.3) is 0 Å². The highest BCUT2D eigenvalue weighted by Crippen LogP contribution is 2.51. The number of hydrogen-bond acceptors (Lipinski definition) is 3. The number of fused-ring (bicyclic) bond motifs is 2. The van der Waals surface area contributed by atoms with Crippen LogP contribution in [0.5, 0.6) is 0 Å². The lowest BCUT2D eigenvalue weighted by molar-refractivity contribution is -0.137. The van der Waals surface area contributed by atoms with Crippen LogP contribution in [0.1, 0.15) is 65.2 Å². The van der Waals surface area contributed by atoms with Gasteiger partial charge in [0.05, 0.1) is 6.10 Å². The van der Waals surface area contributed by atoms with Crippen molar-refractivity contribution in [2.75, 3.05) is 0 Å². The lowest BCUT2D eigenvalue weighted by Crippen LogP contribution is -2.20. The zero-order valence-electron chi connectivity index (χ0n) is 17.0. The summed E-state index contributed by atoms with van der Waals surface area (Å²) < 4.78 is 6.29. The fourth-order valence-electron chi connectivity index (χ4n) is 4.76. The zero-order chi connectivity index (χ0) is 20.1. The third-order valence-corrected chi connectivity index (χ3v) is 6.15. The lowest BCUT2D eigenvalue weighted by Gasteiger charge is -2.22. The van der Waals surface area contributed by atoms with Crippen molar-refractivity contribution in [3.05, 3.63) is 35.1 Å². The molecule has 0 aromatic carbocycles. The van der Waals surface area contributed by atoms with Crippen LogP contribution in [0, 0.1) is 29.6 Å². The molecule has 4 nitrogen and oxygen atoms in total. The molecule has 2 N–H and O–H groups in total. The number of aliphatic hydroxyl groups is 1. The lowest BCUT2D eigenvalue weighted by atomic mass is 9.81. The van der Waals surface area contributed by atoms with Gasteiger partial charge in [-0.25, -0.2) is 0 Å². The first-order valence-electron chi connectivity index (χ1n) is 10.6. The third kappa shape index (κ3) is 4.70. The number of aliphatic carboxylic acids is 1. The summed E-state index contributed by atoms with van der Waals surface area (Å²) in [6, 6.07) is 0. The fourth-order valence-corrected chi connectivity index (χ4v) is 4.76. The van der Waals surface area contributed by atoms with E-state index in [2.05, 4.69) is 37.0 Å². The van der Waals surface area contributed by atoms with Gasteiger partial charge < -0.3 is 14.9 Å². The molecule has 3 rings (SSSR count). The molecule has 0 aromatic heterocycles. The minimum atomic E-state index is -0.748. The molecule has 1 heterocycles. The molecule has 0 radical (unpaired) electrons. The Morgan fingerprint density at radius 3 is 3.04 bits per heavy atom. The van der Waals surface area contributed by atoms with E-state index >= 15 is 0 Å². The number of ether oxygens (including phenoxy) is 1. The number of rotatable bonds is 8. The molecule has 1 aliphatic heterocycles. The summed E-state index contributed by atoms with van der Waals surface area (Å²) in [6.45, 7) is 4.08. The second-order valence-corrected chi connectivity index (χ2v) is 8.33. The largest absolute Gasteiger partial charge is 0.489 e. The number of hydrogen-bond donors (Lipinski definition) is 2. The van der Waals surface area contributed by atoms with Gasteiger partial charge in [-0.2, -0.15) is 0 Å². The Kier molecular flexibility index (Phi) is 7.02. The standard InChI is InChI=1S/C24H32O4/c1-3-4-8-16(2)9-5-12-18-20(25)15-21-23(18)19-13-6-10-17(24(19)28-21)11-7-14-22(26)27/h5,10,12,16,18,20-21,23,25H,6-9,11,13-15H2,1-2H3,(H,26,27)/b12-5+/t16?,18?,20-,21+,23+/m1/s1. The third-order valence-electron chi connectivity index (χ3n) is 6.15. The number of carboxylic acids is 1. The Bertz CT molecular complexity index is 733. The topological polar surface area (TPSA) is 66.8 Å². The highest BCUT2D eigenvalue weighted by molar-refractivity contribution is 5.66. The van der Waals surface area contributed by atoms with Gasteiger partial charge in [0.2, 0.25) is 0 Å². The van der Waals surface area contributed by atoms with Gasteiger partial charge in [0.25, 0.3) is 0 Å². The fraction of sp³-hybridized carbons (Fsp3) is 0.625. The van der Waals surface area contributed by atoms with Gasteiger partial charge in [-0.15, -0.1) is 11.8 Å². The first-order chi connectivity index (χ1) is 13.5. The predicted octanol–water partition coefficient (Wildman–Crippen LogP) is 4.61. The zero-order valence-corrected chi connectivity index (χ0v) is 17.0. The maximum Gasteiger partial charge on any atom is 0.303 e. The van der Waals surface area contributed by atoms with Crippen LogP contribution >= 0.6 is 0 Å². The molecular formula is C24H32O4. The quantitative estimate of drug-likeness (QED) is 0.474. The van der Waals surface area contributed by atoms with E-state index in [4.69, 9.17) is 9.84 Å². The van der Waals surface area contributed by atoms with Crippen molar-refractivity contribution in [2.24, 2.45) is 17.8 Å². The molecule has 2 unspecified atom stereocenters. The first kappa shape index (κ1) is 20.7. The second kappa shape index (κ2) is 9.47. The molecule has 0 amide bonds. The Morgan fingerprint density at radius 2 is 2.29 bits per heavy atom. The number of aliphatic hydroxyl groups excluding tert-OH is 1. The maximum atomic E-state index is 10.8. The van der Waals surface area contributed by atoms with Crippen molar-refractivity contribution in [3.63, 3.8) is 0 Å². The van der Waals surface area contributed by atoms with Crippen LogP contribution in [0.2, 0.25) is 0 Å². The Balaban J connectivity index is 1.67. The summed E-state index contributed by atoms with van der Waals surface area (Å²) in [6.07, 6.45) is 12.4. The second-order valence-electron chi connectivity index (χ2n) is 8.33. The molecule has 0 aromatic rings. The number of allylic oxidation sites excluding steroid dienone is 3. The van der Waals surface area contributed by atoms with Gasteiger partial charge in [-0.1, -0.05) is 25.2 Å². The Labute approximate surface area is 168 Å². The summed E-state index contributed by atoms with van der Waals surface area (Å²) in [5.74, 6) is 7.23. The smallest absolute Gasteiger partial charge is 0.303 e. The van der Waals surface area contributed by atoms with E-state index in [1.807, 2.05) is 6.92 Å². The van der Waals surface area contributed by atoms with Crippen molar-refractivity contribution in [1.29, 1.82) is 0 Å². The first-order valence-corrected chi connectivity index (χ1v) is 10.6. The minimum Gasteiger partial charge on any atom is -0.489 e. The Hall–Kier alpha value is -1.99. The molecule has 0 saturated heterocycles. The summed E-state index contributed by atoms with van der Waals surface area (Å²) in [5, 5.41) is 19.5. The van der Waals surface area contributed by atoms with E-state index < -0.39 is 5.97 Å².